The largest absolute Gasteiger partial charge is 0.478 e. The van der Waals surface area contributed by atoms with E-state index in [9.17, 15) is 14.4 Å². The van der Waals surface area contributed by atoms with Crippen molar-refractivity contribution >= 4 is 17.8 Å². The Hall–Kier alpha value is -1.89. The highest BCUT2D eigenvalue weighted by molar-refractivity contribution is 5.89. The average Bonchev–Trinajstić information content (AvgIpc) is 3.19. The molecule has 1 aliphatic carbocycles. The third-order valence-electron chi connectivity index (χ3n) is 5.34. The van der Waals surface area contributed by atoms with Crippen molar-refractivity contribution in [3.05, 3.63) is 11.6 Å². The van der Waals surface area contributed by atoms with E-state index in [0.29, 0.717) is 11.8 Å². The smallest absolute Gasteiger partial charge is 0.331 e. The van der Waals surface area contributed by atoms with Gasteiger partial charge < -0.3 is 15.3 Å². The molecule has 2 fully saturated rings. The number of likely N-dealkylation sites (N-methyl/N-ethyl adjacent to an activating group) is 2. The molecule has 2 N–H and O–H groups in total. The number of piperidine rings is 1. The maximum Gasteiger partial charge on any atom is 0.331 e. The second kappa shape index (κ2) is 7.56. The van der Waals surface area contributed by atoms with E-state index in [0.717, 1.165) is 13.0 Å². The van der Waals surface area contributed by atoms with Crippen molar-refractivity contribution in [1.29, 1.82) is 0 Å². The molecular weight excluding hydrogens is 322 g/mol. The third kappa shape index (κ3) is 4.39. The van der Waals surface area contributed by atoms with Crippen LogP contribution in [0.3, 0.4) is 0 Å². The first kappa shape index (κ1) is 19.4. The first-order valence-electron chi connectivity index (χ1n) is 8.78. The second-order valence-electron chi connectivity index (χ2n) is 7.66. The molecule has 2 rings (SSSR count). The molecular formula is C18H29N3O4. The zero-order valence-electron chi connectivity index (χ0n) is 15.7. The van der Waals surface area contributed by atoms with Gasteiger partial charge in [0.05, 0.1) is 18.6 Å². The molecule has 0 aromatic carbocycles. The van der Waals surface area contributed by atoms with Gasteiger partial charge in [0.1, 0.15) is 0 Å². The van der Waals surface area contributed by atoms with Crippen LogP contribution >= 0.6 is 0 Å². The Balaban J connectivity index is 1.93. The fourth-order valence-corrected chi connectivity index (χ4v) is 3.71. The molecule has 7 heteroatoms. The van der Waals surface area contributed by atoms with Gasteiger partial charge in [0.2, 0.25) is 11.8 Å². The van der Waals surface area contributed by atoms with E-state index in [1.165, 1.54) is 11.8 Å². The lowest BCUT2D eigenvalue weighted by molar-refractivity contribution is -0.135. The highest BCUT2D eigenvalue weighted by atomic mass is 16.4. The molecule has 25 heavy (non-hydrogen) atoms. The number of likely N-dealkylation sites (tertiary alicyclic amines) is 1. The van der Waals surface area contributed by atoms with Gasteiger partial charge in [0, 0.05) is 19.2 Å². The molecule has 1 aliphatic heterocycles. The average molecular weight is 351 g/mol. The summed E-state index contributed by atoms with van der Waals surface area (Å²) in [6.45, 7) is 6.25. The monoisotopic (exact) mass is 351 g/mol. The van der Waals surface area contributed by atoms with E-state index in [1.54, 1.807) is 13.1 Å². The lowest BCUT2D eigenvalue weighted by Crippen LogP contribution is -2.49. The summed E-state index contributed by atoms with van der Waals surface area (Å²) < 4.78 is 0. The van der Waals surface area contributed by atoms with Crippen LogP contribution in [0, 0.1) is 17.8 Å². The summed E-state index contributed by atoms with van der Waals surface area (Å²) in [7, 11) is 3.59. The minimum atomic E-state index is -0.997. The minimum absolute atomic E-state index is 0.0622. The molecule has 0 spiro atoms. The number of aliphatic carboxylic acids is 1. The summed E-state index contributed by atoms with van der Waals surface area (Å²) in [5.41, 5.74) is 0.203. The topological polar surface area (TPSA) is 90.0 Å². The van der Waals surface area contributed by atoms with Crippen molar-refractivity contribution in [2.75, 3.05) is 27.2 Å². The zero-order valence-corrected chi connectivity index (χ0v) is 15.7. The van der Waals surface area contributed by atoms with Gasteiger partial charge in [-0.05, 0) is 38.1 Å². The maximum atomic E-state index is 12.5. The fourth-order valence-electron chi connectivity index (χ4n) is 3.71. The number of amides is 2. The van der Waals surface area contributed by atoms with Crippen LogP contribution in [0.4, 0.5) is 0 Å². The summed E-state index contributed by atoms with van der Waals surface area (Å²) >= 11 is 0. The second-order valence-corrected chi connectivity index (χ2v) is 7.66. The van der Waals surface area contributed by atoms with Crippen LogP contribution in [0.5, 0.6) is 0 Å². The predicted molar refractivity (Wildman–Crippen MR) is 93.8 cm³/mol. The van der Waals surface area contributed by atoms with Crippen molar-refractivity contribution in [3.63, 3.8) is 0 Å². The Morgan fingerprint density at radius 1 is 1.36 bits per heavy atom. The first-order valence-corrected chi connectivity index (χ1v) is 8.78. The van der Waals surface area contributed by atoms with Crippen LogP contribution < -0.4 is 5.32 Å². The molecule has 0 bridgehead atoms. The minimum Gasteiger partial charge on any atom is -0.478 e. The zero-order chi connectivity index (χ0) is 18.9. The van der Waals surface area contributed by atoms with E-state index < -0.39 is 5.97 Å². The SMILES string of the molecule is CC(=C[C@H](C(C)C)N(C)C(=O)CNC(=O)C1C2CC2CN1C)C(=O)O. The number of carbonyl (C=O) groups excluding carboxylic acids is 2. The van der Waals surface area contributed by atoms with Crippen LogP contribution in [-0.4, -0.2) is 72.0 Å². The number of fused-ring (bicyclic) bond motifs is 1. The number of carbonyl (C=O) groups is 3. The molecule has 0 aromatic rings. The predicted octanol–water partition coefficient (Wildman–Crippen LogP) is 0.567. The van der Waals surface area contributed by atoms with Gasteiger partial charge in [-0.1, -0.05) is 19.9 Å². The number of nitrogens with zero attached hydrogens (tertiary/aromatic N) is 2. The quantitative estimate of drug-likeness (QED) is 0.655. The van der Waals surface area contributed by atoms with E-state index in [4.69, 9.17) is 5.11 Å². The van der Waals surface area contributed by atoms with Crippen LogP contribution in [-0.2, 0) is 14.4 Å². The molecule has 3 unspecified atom stereocenters. The third-order valence-corrected chi connectivity index (χ3v) is 5.34. The van der Waals surface area contributed by atoms with Gasteiger partial charge in [-0.2, -0.15) is 0 Å². The Labute approximate surface area is 149 Å². The van der Waals surface area contributed by atoms with Crippen molar-refractivity contribution in [3.8, 4) is 0 Å². The number of carboxylic acids is 1. The van der Waals surface area contributed by atoms with Gasteiger partial charge >= 0.3 is 5.97 Å². The standard InChI is InChI=1S/C18H29N3O4/c1-10(2)14(6-11(3)18(24)25)21(5)15(22)8-19-17(23)16-13-7-12(13)9-20(16)4/h6,10,12-14,16H,7-9H2,1-5H3,(H,19,23)(H,24,25)/t12?,13?,14-,16?/m1/s1. The Bertz CT molecular complexity index is 585. The van der Waals surface area contributed by atoms with E-state index in [2.05, 4.69) is 10.2 Å². The first-order chi connectivity index (χ1) is 11.6. The van der Waals surface area contributed by atoms with Crippen molar-refractivity contribution in [1.82, 2.24) is 15.1 Å². The van der Waals surface area contributed by atoms with Crippen molar-refractivity contribution in [2.24, 2.45) is 17.8 Å². The fraction of sp³-hybridized carbons (Fsp3) is 0.722. The molecule has 140 valence electrons. The van der Waals surface area contributed by atoms with Crippen molar-refractivity contribution in [2.45, 2.75) is 39.3 Å². The lowest BCUT2D eigenvalue weighted by atomic mass is 10.00. The van der Waals surface area contributed by atoms with Crippen LogP contribution in [0.15, 0.2) is 11.6 Å². The van der Waals surface area contributed by atoms with Crippen LogP contribution in [0.1, 0.15) is 27.2 Å². The molecule has 1 saturated heterocycles. The Kier molecular flexibility index (Phi) is 5.87. The summed E-state index contributed by atoms with van der Waals surface area (Å²) in [4.78, 5) is 39.4. The molecule has 7 nitrogen and oxygen atoms in total. The molecule has 2 amide bonds. The van der Waals surface area contributed by atoms with Gasteiger partial charge in [-0.25, -0.2) is 4.79 Å². The number of rotatable bonds is 7. The molecule has 1 heterocycles. The Morgan fingerprint density at radius 2 is 2.00 bits per heavy atom. The van der Waals surface area contributed by atoms with Gasteiger partial charge in [-0.3, -0.25) is 14.5 Å². The van der Waals surface area contributed by atoms with Crippen LogP contribution in [0.25, 0.3) is 0 Å². The Morgan fingerprint density at radius 3 is 2.48 bits per heavy atom. The normalized spacial score (nSPS) is 27.0. The van der Waals surface area contributed by atoms with Crippen molar-refractivity contribution < 1.29 is 19.5 Å². The van der Waals surface area contributed by atoms with E-state index in [1.807, 2.05) is 20.9 Å². The summed E-state index contributed by atoms with van der Waals surface area (Å²) in [5.74, 6) is -0.187. The van der Waals surface area contributed by atoms with Crippen LogP contribution in [0.2, 0.25) is 0 Å². The van der Waals surface area contributed by atoms with Gasteiger partial charge in [0.15, 0.2) is 0 Å². The molecule has 0 radical (unpaired) electrons. The lowest BCUT2D eigenvalue weighted by Gasteiger charge is -2.30. The molecule has 4 atom stereocenters. The number of hydrogen-bond acceptors (Lipinski definition) is 4. The number of carboxylic acid groups (broad SMARTS) is 1. The highest BCUT2D eigenvalue weighted by Crippen LogP contribution is 2.48. The molecule has 1 saturated carbocycles. The van der Waals surface area contributed by atoms with E-state index >= 15 is 0 Å². The van der Waals surface area contributed by atoms with Gasteiger partial charge in [0.25, 0.3) is 0 Å². The highest BCUT2D eigenvalue weighted by Gasteiger charge is 2.53. The van der Waals surface area contributed by atoms with E-state index in [-0.39, 0.29) is 41.9 Å². The number of hydrogen-bond donors (Lipinski definition) is 2. The summed E-state index contributed by atoms with van der Waals surface area (Å²) in [6, 6.07) is -0.458. The summed E-state index contributed by atoms with van der Waals surface area (Å²) in [5, 5.41) is 11.8. The molecule has 0 aromatic heterocycles. The van der Waals surface area contributed by atoms with Gasteiger partial charge in [-0.15, -0.1) is 0 Å². The summed E-state index contributed by atoms with van der Waals surface area (Å²) in [6.07, 6.45) is 2.69. The molecule has 2 aliphatic rings. The maximum absolute atomic E-state index is 12.5. The number of nitrogens with one attached hydrogen (secondary N) is 1.